The summed E-state index contributed by atoms with van der Waals surface area (Å²) >= 11 is 1.71. The zero-order valence-corrected chi connectivity index (χ0v) is 6.86. The van der Waals surface area contributed by atoms with E-state index in [0.717, 1.165) is 19.4 Å². The van der Waals surface area contributed by atoms with E-state index in [1.54, 1.807) is 18.4 Å². The van der Waals surface area contributed by atoms with Crippen molar-refractivity contribution in [1.82, 2.24) is 4.98 Å². The zero-order valence-electron chi connectivity index (χ0n) is 6.04. The van der Waals surface area contributed by atoms with Gasteiger partial charge in [0.25, 0.3) is 0 Å². The molecule has 0 aliphatic rings. The van der Waals surface area contributed by atoms with E-state index in [1.807, 2.05) is 11.6 Å². The van der Waals surface area contributed by atoms with E-state index in [2.05, 4.69) is 4.98 Å². The van der Waals surface area contributed by atoms with Crippen molar-refractivity contribution >= 4 is 11.3 Å². The fourth-order valence-corrected chi connectivity index (χ4v) is 1.41. The van der Waals surface area contributed by atoms with Crippen molar-refractivity contribution in [3.63, 3.8) is 0 Å². The van der Waals surface area contributed by atoms with Gasteiger partial charge in [-0.15, -0.1) is 11.3 Å². The minimum absolute atomic E-state index is 0.833. The van der Waals surface area contributed by atoms with Crippen LogP contribution in [0.4, 0.5) is 0 Å². The number of ether oxygens (including phenoxy) is 1. The molecule has 0 amide bonds. The van der Waals surface area contributed by atoms with Crippen molar-refractivity contribution in [2.45, 2.75) is 12.8 Å². The van der Waals surface area contributed by atoms with E-state index in [4.69, 9.17) is 4.74 Å². The summed E-state index contributed by atoms with van der Waals surface area (Å²) in [7, 11) is 1.72. The first kappa shape index (κ1) is 7.69. The number of hydrogen-bond donors (Lipinski definition) is 0. The van der Waals surface area contributed by atoms with Crippen molar-refractivity contribution in [2.75, 3.05) is 13.7 Å². The molecule has 0 spiro atoms. The number of aromatic nitrogens is 1. The van der Waals surface area contributed by atoms with Crippen LogP contribution < -0.4 is 0 Å². The Labute approximate surface area is 64.9 Å². The van der Waals surface area contributed by atoms with Gasteiger partial charge in [-0.1, -0.05) is 0 Å². The summed E-state index contributed by atoms with van der Waals surface area (Å²) in [5.41, 5.74) is 0. The van der Waals surface area contributed by atoms with Gasteiger partial charge in [0.2, 0.25) is 0 Å². The van der Waals surface area contributed by atoms with Gasteiger partial charge in [-0.05, 0) is 6.42 Å². The Morgan fingerprint density at radius 2 is 2.60 bits per heavy atom. The Bertz CT molecular complexity index is 162. The lowest BCUT2D eigenvalue weighted by Gasteiger charge is -1.94. The Morgan fingerprint density at radius 3 is 3.20 bits per heavy atom. The van der Waals surface area contributed by atoms with Crippen LogP contribution in [0.15, 0.2) is 11.6 Å². The zero-order chi connectivity index (χ0) is 7.23. The third kappa shape index (κ3) is 2.45. The molecule has 0 saturated carbocycles. The van der Waals surface area contributed by atoms with Crippen molar-refractivity contribution < 1.29 is 4.74 Å². The van der Waals surface area contributed by atoms with Crippen molar-refractivity contribution in [2.24, 2.45) is 0 Å². The van der Waals surface area contributed by atoms with E-state index >= 15 is 0 Å². The molecule has 10 heavy (non-hydrogen) atoms. The molecule has 0 aromatic carbocycles. The maximum Gasteiger partial charge on any atom is 0.0925 e. The number of hydrogen-bond acceptors (Lipinski definition) is 3. The lowest BCUT2D eigenvalue weighted by atomic mass is 10.3. The van der Waals surface area contributed by atoms with Gasteiger partial charge >= 0.3 is 0 Å². The van der Waals surface area contributed by atoms with Crippen molar-refractivity contribution in [3.05, 3.63) is 16.6 Å². The average molecular weight is 157 g/mol. The Morgan fingerprint density at radius 1 is 1.70 bits per heavy atom. The molecule has 1 rings (SSSR count). The normalized spacial score (nSPS) is 10.1. The molecule has 0 aliphatic heterocycles. The van der Waals surface area contributed by atoms with Gasteiger partial charge in [0.1, 0.15) is 0 Å². The largest absolute Gasteiger partial charge is 0.385 e. The van der Waals surface area contributed by atoms with Crippen LogP contribution in [-0.4, -0.2) is 18.7 Å². The molecule has 0 radical (unpaired) electrons. The smallest absolute Gasteiger partial charge is 0.0925 e. The highest BCUT2D eigenvalue weighted by atomic mass is 32.1. The molecule has 1 aromatic heterocycles. The number of rotatable bonds is 4. The van der Waals surface area contributed by atoms with Crippen LogP contribution >= 0.6 is 11.3 Å². The SMILES string of the molecule is COCCCc1nccs1. The monoisotopic (exact) mass is 157 g/mol. The fourth-order valence-electron chi connectivity index (χ4n) is 0.744. The van der Waals surface area contributed by atoms with Gasteiger partial charge in [0, 0.05) is 31.7 Å². The highest BCUT2D eigenvalue weighted by molar-refractivity contribution is 7.09. The molecule has 0 aliphatic carbocycles. The quantitative estimate of drug-likeness (QED) is 0.621. The van der Waals surface area contributed by atoms with Gasteiger partial charge in [0.05, 0.1) is 5.01 Å². The Balaban J connectivity index is 2.15. The van der Waals surface area contributed by atoms with Gasteiger partial charge in [-0.25, -0.2) is 4.98 Å². The van der Waals surface area contributed by atoms with Crippen molar-refractivity contribution in [3.8, 4) is 0 Å². The molecule has 0 unspecified atom stereocenters. The van der Waals surface area contributed by atoms with Gasteiger partial charge in [-0.2, -0.15) is 0 Å². The second-order valence-electron chi connectivity index (χ2n) is 2.02. The highest BCUT2D eigenvalue weighted by Crippen LogP contribution is 2.06. The van der Waals surface area contributed by atoms with Crippen LogP contribution in [0.5, 0.6) is 0 Å². The molecular formula is C7H11NOS. The maximum absolute atomic E-state index is 4.92. The lowest BCUT2D eigenvalue weighted by molar-refractivity contribution is 0.195. The van der Waals surface area contributed by atoms with E-state index < -0.39 is 0 Å². The molecule has 2 nitrogen and oxygen atoms in total. The molecule has 0 saturated heterocycles. The topological polar surface area (TPSA) is 22.1 Å². The van der Waals surface area contributed by atoms with Crippen LogP contribution in [0.3, 0.4) is 0 Å². The number of nitrogens with zero attached hydrogens (tertiary/aromatic N) is 1. The molecule has 1 heterocycles. The first-order valence-corrected chi connectivity index (χ1v) is 4.19. The molecule has 0 atom stereocenters. The molecule has 0 fully saturated rings. The van der Waals surface area contributed by atoms with E-state index in [9.17, 15) is 0 Å². The van der Waals surface area contributed by atoms with Gasteiger partial charge in [-0.3, -0.25) is 0 Å². The lowest BCUT2D eigenvalue weighted by Crippen LogP contribution is -1.91. The highest BCUT2D eigenvalue weighted by Gasteiger charge is 1.93. The molecule has 0 N–H and O–H groups in total. The number of methoxy groups -OCH3 is 1. The minimum Gasteiger partial charge on any atom is -0.385 e. The van der Waals surface area contributed by atoms with E-state index in [0.29, 0.717) is 0 Å². The van der Waals surface area contributed by atoms with Crippen LogP contribution in [0, 0.1) is 0 Å². The third-order valence-corrected chi connectivity index (χ3v) is 2.06. The minimum atomic E-state index is 0.833. The Kier molecular flexibility index (Phi) is 3.40. The summed E-state index contributed by atoms with van der Waals surface area (Å²) in [5.74, 6) is 0. The van der Waals surface area contributed by atoms with Crippen LogP contribution in [-0.2, 0) is 11.2 Å². The van der Waals surface area contributed by atoms with Gasteiger partial charge < -0.3 is 4.74 Å². The van der Waals surface area contributed by atoms with Gasteiger partial charge in [0.15, 0.2) is 0 Å². The van der Waals surface area contributed by atoms with Crippen LogP contribution in [0.1, 0.15) is 11.4 Å². The predicted octanol–water partition coefficient (Wildman–Crippen LogP) is 1.72. The van der Waals surface area contributed by atoms with Crippen LogP contribution in [0.2, 0.25) is 0 Å². The maximum atomic E-state index is 4.92. The first-order valence-electron chi connectivity index (χ1n) is 3.31. The van der Waals surface area contributed by atoms with E-state index in [-0.39, 0.29) is 0 Å². The molecular weight excluding hydrogens is 146 g/mol. The van der Waals surface area contributed by atoms with Crippen molar-refractivity contribution in [1.29, 1.82) is 0 Å². The standard InChI is InChI=1S/C7H11NOS/c1-9-5-2-3-7-8-4-6-10-7/h4,6H,2-3,5H2,1H3. The Hall–Kier alpha value is -0.410. The summed E-state index contributed by atoms with van der Waals surface area (Å²) in [5, 5.41) is 3.21. The predicted molar refractivity (Wildman–Crippen MR) is 42.3 cm³/mol. The van der Waals surface area contributed by atoms with Crippen LogP contribution in [0.25, 0.3) is 0 Å². The summed E-state index contributed by atoms with van der Waals surface area (Å²) in [6.45, 7) is 0.833. The summed E-state index contributed by atoms with van der Waals surface area (Å²) in [4.78, 5) is 4.15. The second-order valence-corrected chi connectivity index (χ2v) is 3.00. The number of aryl methyl sites for hydroxylation is 1. The molecule has 3 heteroatoms. The summed E-state index contributed by atoms with van der Waals surface area (Å²) in [6, 6.07) is 0. The second kappa shape index (κ2) is 4.41. The first-order chi connectivity index (χ1) is 4.93. The molecule has 0 bridgehead atoms. The number of thiazole rings is 1. The summed E-state index contributed by atoms with van der Waals surface area (Å²) in [6.07, 6.45) is 3.96. The summed E-state index contributed by atoms with van der Waals surface area (Å²) < 4.78 is 4.92. The average Bonchev–Trinajstić information content (AvgIpc) is 2.41. The van der Waals surface area contributed by atoms with E-state index in [1.165, 1.54) is 5.01 Å². The molecule has 1 aromatic rings. The fraction of sp³-hybridized carbons (Fsp3) is 0.571. The molecule has 56 valence electrons. The third-order valence-electron chi connectivity index (χ3n) is 1.22.